The fourth-order valence-corrected chi connectivity index (χ4v) is 2.29. The second-order valence-electron chi connectivity index (χ2n) is 3.40. The summed E-state index contributed by atoms with van der Waals surface area (Å²) in [4.78, 5) is 4.24. The van der Waals surface area contributed by atoms with Crippen molar-refractivity contribution in [2.24, 2.45) is 0 Å². The number of halogens is 2. The van der Waals surface area contributed by atoms with Gasteiger partial charge in [-0.15, -0.1) is 0 Å². The molecular weight excluding hydrogens is 288 g/mol. The Hall–Kier alpha value is -1.11. The lowest BCUT2D eigenvalue weighted by molar-refractivity contribution is 1.01. The fraction of sp³-hybridized carbons (Fsp3) is 0.167. The Labute approximate surface area is 107 Å². The third-order valence-corrected chi connectivity index (χ3v) is 3.31. The smallest absolute Gasteiger partial charge is 0.0816 e. The van der Waals surface area contributed by atoms with Crippen LogP contribution in [0.4, 0.5) is 0 Å². The predicted octanol–water partition coefficient (Wildman–Crippen LogP) is 3.89. The number of rotatable bonds is 2. The van der Waals surface area contributed by atoms with Crippen molar-refractivity contribution < 1.29 is 0 Å². The summed E-state index contributed by atoms with van der Waals surface area (Å²) in [5, 5.41) is 11.3. The van der Waals surface area contributed by atoms with Crippen molar-refractivity contribution in [3.8, 4) is 6.07 Å². The first kappa shape index (κ1) is 11.4. The number of benzene rings is 1. The summed E-state index contributed by atoms with van der Waals surface area (Å²) in [6.07, 6.45) is 1.71. The van der Waals surface area contributed by atoms with Crippen molar-refractivity contribution in [3.63, 3.8) is 0 Å². The number of alkyl halides is 1. The van der Waals surface area contributed by atoms with E-state index in [1.165, 1.54) is 0 Å². The molecule has 2 rings (SSSR count). The van der Waals surface area contributed by atoms with Crippen molar-refractivity contribution in [2.75, 3.05) is 5.33 Å². The summed E-state index contributed by atoms with van der Waals surface area (Å²) in [6, 6.07) is 9.68. The highest BCUT2D eigenvalue weighted by Gasteiger charge is 2.12. The lowest BCUT2D eigenvalue weighted by atomic mass is 9.99. The van der Waals surface area contributed by atoms with Crippen LogP contribution in [0.1, 0.15) is 11.5 Å². The lowest BCUT2D eigenvalue weighted by Gasteiger charge is -2.09. The molecule has 1 unspecified atom stereocenters. The number of fused-ring (bicyclic) bond motifs is 1. The van der Waals surface area contributed by atoms with Gasteiger partial charge in [-0.05, 0) is 23.8 Å². The van der Waals surface area contributed by atoms with Crippen molar-refractivity contribution in [1.29, 1.82) is 5.26 Å². The van der Waals surface area contributed by atoms with Crippen LogP contribution in [0.2, 0.25) is 5.02 Å². The van der Waals surface area contributed by atoms with Crippen molar-refractivity contribution in [3.05, 3.63) is 41.0 Å². The van der Waals surface area contributed by atoms with Crippen LogP contribution in [-0.4, -0.2) is 10.3 Å². The second kappa shape index (κ2) is 4.82. The highest BCUT2D eigenvalue weighted by molar-refractivity contribution is 9.09. The minimum absolute atomic E-state index is 0.160. The van der Waals surface area contributed by atoms with E-state index in [0.29, 0.717) is 10.4 Å². The van der Waals surface area contributed by atoms with E-state index in [1.807, 2.05) is 24.3 Å². The van der Waals surface area contributed by atoms with E-state index in [9.17, 15) is 0 Å². The summed E-state index contributed by atoms with van der Waals surface area (Å²) >= 11 is 9.25. The normalized spacial score (nSPS) is 12.3. The number of nitriles is 1. The first-order chi connectivity index (χ1) is 7.76. The van der Waals surface area contributed by atoms with E-state index in [1.54, 1.807) is 6.20 Å². The Kier molecular flexibility index (Phi) is 3.42. The van der Waals surface area contributed by atoms with Crippen LogP contribution in [0, 0.1) is 11.3 Å². The van der Waals surface area contributed by atoms with Crippen molar-refractivity contribution in [1.82, 2.24) is 4.98 Å². The van der Waals surface area contributed by atoms with Gasteiger partial charge in [0.1, 0.15) is 0 Å². The molecule has 0 aliphatic rings. The van der Waals surface area contributed by atoms with Crippen LogP contribution in [0.15, 0.2) is 30.5 Å². The maximum absolute atomic E-state index is 9.07. The molecule has 0 bridgehead atoms. The van der Waals surface area contributed by atoms with Crippen molar-refractivity contribution in [2.45, 2.75) is 5.92 Å². The Morgan fingerprint density at radius 2 is 2.25 bits per heavy atom. The van der Waals surface area contributed by atoms with Gasteiger partial charge in [-0.3, -0.25) is 4.98 Å². The highest BCUT2D eigenvalue weighted by atomic mass is 79.9. The molecule has 1 atom stereocenters. The summed E-state index contributed by atoms with van der Waals surface area (Å²) in [7, 11) is 0. The largest absolute Gasteiger partial charge is 0.256 e. The number of hydrogen-bond donors (Lipinski definition) is 0. The summed E-state index contributed by atoms with van der Waals surface area (Å²) in [5.41, 5.74) is 1.81. The van der Waals surface area contributed by atoms with E-state index in [2.05, 4.69) is 27.0 Å². The first-order valence-corrected chi connectivity index (χ1v) is 6.26. The summed E-state index contributed by atoms with van der Waals surface area (Å²) < 4.78 is 0. The minimum Gasteiger partial charge on any atom is -0.256 e. The predicted molar refractivity (Wildman–Crippen MR) is 68.9 cm³/mol. The molecule has 0 saturated heterocycles. The van der Waals surface area contributed by atoms with Crippen LogP contribution in [-0.2, 0) is 0 Å². The molecule has 0 amide bonds. The molecule has 2 aromatic rings. The Morgan fingerprint density at radius 3 is 2.94 bits per heavy atom. The standard InChI is InChI=1S/C12H8BrClN2/c13-6-8(7-15)10-3-4-16-12-5-9(14)1-2-11(10)12/h1-5,8H,6H2. The fourth-order valence-electron chi connectivity index (χ4n) is 1.63. The van der Waals surface area contributed by atoms with E-state index in [4.69, 9.17) is 16.9 Å². The molecule has 0 radical (unpaired) electrons. The van der Waals surface area contributed by atoms with Gasteiger partial charge in [-0.25, -0.2) is 0 Å². The molecule has 16 heavy (non-hydrogen) atoms. The quantitative estimate of drug-likeness (QED) is 0.788. The van der Waals surface area contributed by atoms with E-state index in [0.717, 1.165) is 16.5 Å². The van der Waals surface area contributed by atoms with Crippen LogP contribution in [0.3, 0.4) is 0 Å². The Bertz CT molecular complexity index is 562. The molecule has 0 spiro atoms. The maximum atomic E-state index is 9.07. The molecule has 1 heterocycles. The van der Waals surface area contributed by atoms with Gasteiger partial charge < -0.3 is 0 Å². The molecule has 0 saturated carbocycles. The van der Waals surface area contributed by atoms with Crippen LogP contribution in [0.5, 0.6) is 0 Å². The van der Waals surface area contributed by atoms with Gasteiger partial charge in [-0.2, -0.15) is 5.26 Å². The molecule has 0 aliphatic carbocycles. The zero-order valence-corrected chi connectivity index (χ0v) is 10.7. The zero-order valence-electron chi connectivity index (χ0n) is 8.32. The third kappa shape index (κ3) is 2.04. The van der Waals surface area contributed by atoms with Gasteiger partial charge in [0, 0.05) is 21.9 Å². The van der Waals surface area contributed by atoms with E-state index < -0.39 is 0 Å². The first-order valence-electron chi connectivity index (χ1n) is 4.76. The Morgan fingerprint density at radius 1 is 1.44 bits per heavy atom. The average molecular weight is 296 g/mol. The molecule has 0 N–H and O–H groups in total. The van der Waals surface area contributed by atoms with Crippen molar-refractivity contribution >= 4 is 38.4 Å². The molecular formula is C12H8BrClN2. The van der Waals surface area contributed by atoms with Crippen LogP contribution < -0.4 is 0 Å². The van der Waals surface area contributed by atoms with E-state index >= 15 is 0 Å². The minimum atomic E-state index is -0.160. The summed E-state index contributed by atoms with van der Waals surface area (Å²) in [6.45, 7) is 0. The molecule has 1 aromatic carbocycles. The van der Waals surface area contributed by atoms with Gasteiger partial charge >= 0.3 is 0 Å². The van der Waals surface area contributed by atoms with Gasteiger partial charge in [0.05, 0.1) is 17.5 Å². The van der Waals surface area contributed by atoms with Gasteiger partial charge in [0.25, 0.3) is 0 Å². The van der Waals surface area contributed by atoms with Crippen LogP contribution >= 0.6 is 27.5 Å². The highest BCUT2D eigenvalue weighted by Crippen LogP contribution is 2.27. The number of pyridine rings is 1. The molecule has 0 aliphatic heterocycles. The average Bonchev–Trinajstić information content (AvgIpc) is 2.30. The molecule has 1 aromatic heterocycles. The monoisotopic (exact) mass is 294 g/mol. The lowest BCUT2D eigenvalue weighted by Crippen LogP contribution is -1.98. The molecule has 80 valence electrons. The third-order valence-electron chi connectivity index (χ3n) is 2.42. The van der Waals surface area contributed by atoms with E-state index in [-0.39, 0.29) is 5.92 Å². The van der Waals surface area contributed by atoms with Gasteiger partial charge in [-0.1, -0.05) is 33.6 Å². The molecule has 0 fully saturated rings. The van der Waals surface area contributed by atoms with Crippen LogP contribution in [0.25, 0.3) is 10.9 Å². The second-order valence-corrected chi connectivity index (χ2v) is 4.48. The Balaban J connectivity index is 2.67. The topological polar surface area (TPSA) is 36.7 Å². The number of nitrogens with zero attached hydrogens (tertiary/aromatic N) is 2. The van der Waals surface area contributed by atoms with Gasteiger partial charge in [0.2, 0.25) is 0 Å². The summed E-state index contributed by atoms with van der Waals surface area (Å²) in [5.74, 6) is -0.160. The SMILES string of the molecule is N#CC(CBr)c1ccnc2cc(Cl)ccc12. The maximum Gasteiger partial charge on any atom is 0.0816 e. The molecule has 4 heteroatoms. The zero-order chi connectivity index (χ0) is 11.5. The number of aromatic nitrogens is 1. The number of hydrogen-bond acceptors (Lipinski definition) is 2. The van der Waals surface area contributed by atoms with Gasteiger partial charge in [0.15, 0.2) is 0 Å². The molecule has 2 nitrogen and oxygen atoms in total.